The van der Waals surface area contributed by atoms with Crippen LogP contribution in [0.5, 0.6) is 0 Å². The summed E-state index contributed by atoms with van der Waals surface area (Å²) in [6, 6.07) is 0.443. The molecule has 1 aromatic heterocycles. The van der Waals surface area contributed by atoms with Gasteiger partial charge < -0.3 is 14.2 Å². The maximum absolute atomic E-state index is 13.0. The summed E-state index contributed by atoms with van der Waals surface area (Å²) in [6.45, 7) is 11.2. The summed E-state index contributed by atoms with van der Waals surface area (Å²) in [5.41, 5.74) is 1.44. The lowest BCUT2D eigenvalue weighted by molar-refractivity contribution is 0.0103. The molecule has 0 spiro atoms. The summed E-state index contributed by atoms with van der Waals surface area (Å²) in [4.78, 5) is 17.5. The minimum atomic E-state index is 0.0785. The number of ether oxygens (including phenoxy) is 1. The second-order valence-electron chi connectivity index (χ2n) is 6.51. The summed E-state index contributed by atoms with van der Waals surface area (Å²) in [5, 5.41) is 4.03. The summed E-state index contributed by atoms with van der Waals surface area (Å²) in [6.07, 6.45) is 1.81. The van der Waals surface area contributed by atoms with Crippen LogP contribution in [0.15, 0.2) is 4.52 Å². The summed E-state index contributed by atoms with van der Waals surface area (Å²) >= 11 is 0. The molecular weight excluding hydrogens is 294 g/mol. The maximum Gasteiger partial charge on any atom is 0.259 e. The molecule has 1 amide bonds. The van der Waals surface area contributed by atoms with Crippen molar-refractivity contribution in [1.82, 2.24) is 15.0 Å². The number of amides is 1. The molecule has 1 aromatic rings. The van der Waals surface area contributed by atoms with Gasteiger partial charge in [-0.2, -0.15) is 0 Å². The SMILES string of the molecule is CCc1noc(C)c1C(=O)N1C[C@H](CC)[C@H](N2CCOCC2)C1. The lowest BCUT2D eigenvalue weighted by atomic mass is 9.99. The molecule has 3 rings (SSSR count). The molecule has 0 unspecified atom stereocenters. The number of morpholine rings is 1. The molecule has 2 saturated heterocycles. The average molecular weight is 321 g/mol. The summed E-state index contributed by atoms with van der Waals surface area (Å²) in [7, 11) is 0. The number of rotatable bonds is 4. The van der Waals surface area contributed by atoms with Gasteiger partial charge in [-0.1, -0.05) is 25.4 Å². The van der Waals surface area contributed by atoms with Crippen LogP contribution in [0, 0.1) is 12.8 Å². The van der Waals surface area contributed by atoms with Gasteiger partial charge in [0, 0.05) is 32.2 Å². The van der Waals surface area contributed by atoms with Crippen LogP contribution in [-0.2, 0) is 11.2 Å². The van der Waals surface area contributed by atoms with Crippen LogP contribution >= 0.6 is 0 Å². The smallest absolute Gasteiger partial charge is 0.259 e. The predicted molar refractivity (Wildman–Crippen MR) is 86.5 cm³/mol. The van der Waals surface area contributed by atoms with Gasteiger partial charge in [-0.25, -0.2) is 0 Å². The minimum Gasteiger partial charge on any atom is -0.379 e. The highest BCUT2D eigenvalue weighted by Gasteiger charge is 2.39. The van der Waals surface area contributed by atoms with Crippen molar-refractivity contribution in [1.29, 1.82) is 0 Å². The molecule has 6 heteroatoms. The number of carbonyl (C=O) groups excluding carboxylic acids is 1. The van der Waals surface area contributed by atoms with Crippen molar-refractivity contribution in [2.24, 2.45) is 5.92 Å². The highest BCUT2D eigenvalue weighted by molar-refractivity contribution is 5.96. The number of hydrogen-bond donors (Lipinski definition) is 0. The minimum absolute atomic E-state index is 0.0785. The Hall–Kier alpha value is -1.40. The van der Waals surface area contributed by atoms with E-state index in [0.717, 1.165) is 57.9 Å². The van der Waals surface area contributed by atoms with E-state index in [1.165, 1.54) is 0 Å². The molecule has 3 heterocycles. The van der Waals surface area contributed by atoms with Gasteiger partial charge in [-0.05, 0) is 19.3 Å². The van der Waals surface area contributed by atoms with Crippen molar-refractivity contribution < 1.29 is 14.1 Å². The number of hydrogen-bond acceptors (Lipinski definition) is 5. The Bertz CT molecular complexity index is 551. The molecule has 0 aromatic carbocycles. The summed E-state index contributed by atoms with van der Waals surface area (Å²) in [5.74, 6) is 1.24. The van der Waals surface area contributed by atoms with Crippen LogP contribution in [0.4, 0.5) is 0 Å². The molecule has 2 fully saturated rings. The fraction of sp³-hybridized carbons (Fsp3) is 0.765. The zero-order chi connectivity index (χ0) is 16.4. The molecule has 0 aliphatic carbocycles. The number of aryl methyl sites for hydroxylation is 2. The van der Waals surface area contributed by atoms with E-state index >= 15 is 0 Å². The Balaban J connectivity index is 1.76. The van der Waals surface area contributed by atoms with Crippen molar-refractivity contribution in [2.75, 3.05) is 39.4 Å². The third kappa shape index (κ3) is 3.15. The van der Waals surface area contributed by atoms with E-state index in [2.05, 4.69) is 17.0 Å². The lowest BCUT2D eigenvalue weighted by Gasteiger charge is -2.34. The quantitative estimate of drug-likeness (QED) is 0.845. The topological polar surface area (TPSA) is 58.8 Å². The summed E-state index contributed by atoms with van der Waals surface area (Å²) < 4.78 is 10.7. The van der Waals surface area contributed by atoms with E-state index < -0.39 is 0 Å². The van der Waals surface area contributed by atoms with Crippen LogP contribution in [0.25, 0.3) is 0 Å². The van der Waals surface area contributed by atoms with E-state index in [9.17, 15) is 4.79 Å². The molecule has 0 N–H and O–H groups in total. The average Bonchev–Trinajstić information content (AvgIpc) is 3.18. The lowest BCUT2D eigenvalue weighted by Crippen LogP contribution is -2.47. The normalized spacial score (nSPS) is 26.0. The van der Waals surface area contributed by atoms with Gasteiger partial charge in [0.25, 0.3) is 5.91 Å². The van der Waals surface area contributed by atoms with Crippen LogP contribution < -0.4 is 0 Å². The van der Waals surface area contributed by atoms with Crippen molar-refractivity contribution in [3.8, 4) is 0 Å². The van der Waals surface area contributed by atoms with E-state index in [0.29, 0.717) is 23.3 Å². The second-order valence-corrected chi connectivity index (χ2v) is 6.51. The zero-order valence-electron chi connectivity index (χ0n) is 14.4. The third-order valence-electron chi connectivity index (χ3n) is 5.21. The predicted octanol–water partition coefficient (Wildman–Crippen LogP) is 1.73. The fourth-order valence-electron chi connectivity index (χ4n) is 3.84. The fourth-order valence-corrected chi connectivity index (χ4v) is 3.84. The Morgan fingerprint density at radius 2 is 2.00 bits per heavy atom. The first-order chi connectivity index (χ1) is 11.2. The number of nitrogens with zero attached hydrogens (tertiary/aromatic N) is 3. The van der Waals surface area contributed by atoms with Gasteiger partial charge >= 0.3 is 0 Å². The van der Waals surface area contributed by atoms with Crippen molar-refractivity contribution in [3.05, 3.63) is 17.0 Å². The van der Waals surface area contributed by atoms with Crippen molar-refractivity contribution >= 4 is 5.91 Å². The van der Waals surface area contributed by atoms with Gasteiger partial charge in [0.15, 0.2) is 0 Å². The monoisotopic (exact) mass is 321 g/mol. The molecule has 0 radical (unpaired) electrons. The first-order valence-corrected chi connectivity index (χ1v) is 8.71. The van der Waals surface area contributed by atoms with Crippen LogP contribution in [0.3, 0.4) is 0 Å². The largest absolute Gasteiger partial charge is 0.379 e. The van der Waals surface area contributed by atoms with Crippen LogP contribution in [0.2, 0.25) is 0 Å². The van der Waals surface area contributed by atoms with Crippen molar-refractivity contribution in [3.63, 3.8) is 0 Å². The molecule has 0 saturated carbocycles. The molecule has 2 aliphatic heterocycles. The van der Waals surface area contributed by atoms with E-state index in [-0.39, 0.29) is 5.91 Å². The highest BCUT2D eigenvalue weighted by Crippen LogP contribution is 2.28. The van der Waals surface area contributed by atoms with Crippen LogP contribution in [-0.4, -0.2) is 66.3 Å². The van der Waals surface area contributed by atoms with Gasteiger partial charge in [0.05, 0.1) is 18.9 Å². The Kier molecular flexibility index (Phi) is 5.02. The number of likely N-dealkylation sites (tertiary alicyclic amines) is 1. The van der Waals surface area contributed by atoms with Crippen LogP contribution in [0.1, 0.15) is 42.1 Å². The van der Waals surface area contributed by atoms with Crippen molar-refractivity contribution in [2.45, 2.75) is 39.7 Å². The third-order valence-corrected chi connectivity index (χ3v) is 5.21. The Labute approximate surface area is 137 Å². The molecular formula is C17H27N3O3. The number of aromatic nitrogens is 1. The van der Waals surface area contributed by atoms with E-state index in [4.69, 9.17) is 9.26 Å². The maximum atomic E-state index is 13.0. The first kappa shape index (κ1) is 16.5. The molecule has 0 bridgehead atoms. The first-order valence-electron chi connectivity index (χ1n) is 8.71. The highest BCUT2D eigenvalue weighted by atomic mass is 16.5. The van der Waals surface area contributed by atoms with Gasteiger partial charge in [-0.15, -0.1) is 0 Å². The van der Waals surface area contributed by atoms with Gasteiger partial charge in [0.2, 0.25) is 0 Å². The van der Waals surface area contributed by atoms with E-state index in [1.54, 1.807) is 0 Å². The van der Waals surface area contributed by atoms with E-state index in [1.807, 2.05) is 18.7 Å². The van der Waals surface area contributed by atoms with Gasteiger partial charge in [0.1, 0.15) is 11.3 Å². The molecule has 23 heavy (non-hydrogen) atoms. The Morgan fingerprint density at radius 1 is 1.26 bits per heavy atom. The molecule has 128 valence electrons. The van der Waals surface area contributed by atoms with Gasteiger partial charge in [-0.3, -0.25) is 9.69 Å². The molecule has 2 atom stereocenters. The standard InChI is InChI=1S/C17H27N3O3/c1-4-13-10-20(11-15(13)19-6-8-22-9-7-19)17(21)16-12(3)23-18-14(16)5-2/h13,15H,4-11H2,1-3H3/t13-,15+/m0/s1. The number of carbonyl (C=O) groups is 1. The molecule has 2 aliphatic rings. The molecule has 6 nitrogen and oxygen atoms in total. The second kappa shape index (κ2) is 7.01. The zero-order valence-corrected chi connectivity index (χ0v) is 14.4. The Morgan fingerprint density at radius 3 is 2.65 bits per heavy atom.